The van der Waals surface area contributed by atoms with E-state index in [0.29, 0.717) is 6.04 Å². The molecule has 1 N–H and O–H groups in total. The topological polar surface area (TPSA) is 42.3 Å². The van der Waals surface area contributed by atoms with E-state index in [1.165, 1.54) is 25.9 Å². The summed E-state index contributed by atoms with van der Waals surface area (Å²) in [7, 11) is 1.88. The smallest absolute Gasteiger partial charge is 0.105 e. The molecule has 0 bridgehead atoms. The highest BCUT2D eigenvalue weighted by molar-refractivity contribution is 5.05. The summed E-state index contributed by atoms with van der Waals surface area (Å²) < 4.78 is 0. The van der Waals surface area contributed by atoms with Crippen LogP contribution >= 0.6 is 0 Å². The molecule has 0 aromatic heterocycles. The highest BCUT2D eigenvalue weighted by atomic mass is 15.3. The molecule has 2 unspecified atom stereocenters. The Labute approximate surface area is 111 Å². The van der Waals surface area contributed by atoms with Crippen molar-refractivity contribution in [3.05, 3.63) is 0 Å². The molecule has 0 amide bonds. The molecular weight excluding hydrogens is 224 g/mol. The first-order valence-corrected chi connectivity index (χ1v) is 7.16. The zero-order valence-corrected chi connectivity index (χ0v) is 11.9. The van der Waals surface area contributed by atoms with Crippen molar-refractivity contribution in [2.75, 3.05) is 33.2 Å². The van der Waals surface area contributed by atoms with E-state index in [-0.39, 0.29) is 0 Å². The SMILES string of the molecule is CNC(C)(C#N)CC(C)N1CCN(C2CC2)CC1. The van der Waals surface area contributed by atoms with Crippen LogP contribution in [0.5, 0.6) is 0 Å². The van der Waals surface area contributed by atoms with E-state index in [1.807, 2.05) is 14.0 Å². The lowest BCUT2D eigenvalue weighted by Gasteiger charge is -2.40. The third-order valence-corrected chi connectivity index (χ3v) is 4.54. The molecule has 2 rings (SSSR count). The van der Waals surface area contributed by atoms with Crippen molar-refractivity contribution < 1.29 is 0 Å². The van der Waals surface area contributed by atoms with Crippen LogP contribution < -0.4 is 5.32 Å². The fourth-order valence-electron chi connectivity index (χ4n) is 2.91. The lowest BCUT2D eigenvalue weighted by Crippen LogP contribution is -2.53. The van der Waals surface area contributed by atoms with Crippen LogP contribution in [0.2, 0.25) is 0 Å². The van der Waals surface area contributed by atoms with E-state index in [2.05, 4.69) is 28.1 Å². The molecule has 1 heterocycles. The van der Waals surface area contributed by atoms with Crippen molar-refractivity contribution in [3.8, 4) is 6.07 Å². The minimum absolute atomic E-state index is 0.396. The van der Waals surface area contributed by atoms with E-state index in [9.17, 15) is 5.26 Å². The maximum atomic E-state index is 9.22. The Morgan fingerprint density at radius 1 is 1.33 bits per heavy atom. The van der Waals surface area contributed by atoms with Gasteiger partial charge in [0.15, 0.2) is 0 Å². The van der Waals surface area contributed by atoms with Gasteiger partial charge in [0.05, 0.1) is 6.07 Å². The van der Waals surface area contributed by atoms with Gasteiger partial charge in [0.25, 0.3) is 0 Å². The van der Waals surface area contributed by atoms with Crippen LogP contribution in [0, 0.1) is 11.3 Å². The summed E-state index contributed by atoms with van der Waals surface area (Å²) in [5, 5.41) is 12.4. The fraction of sp³-hybridized carbons (Fsp3) is 0.929. The van der Waals surface area contributed by atoms with Gasteiger partial charge in [-0.1, -0.05) is 0 Å². The zero-order chi connectivity index (χ0) is 13.2. The third-order valence-electron chi connectivity index (χ3n) is 4.54. The molecule has 0 spiro atoms. The first-order chi connectivity index (χ1) is 8.58. The lowest BCUT2D eigenvalue weighted by molar-refractivity contribution is 0.0870. The summed E-state index contributed by atoms with van der Waals surface area (Å²) >= 11 is 0. The number of nitrogens with zero attached hydrogens (tertiary/aromatic N) is 3. The third kappa shape index (κ3) is 3.23. The van der Waals surface area contributed by atoms with Gasteiger partial charge in [-0.3, -0.25) is 9.80 Å². The average molecular weight is 250 g/mol. The van der Waals surface area contributed by atoms with Crippen LogP contribution in [0.4, 0.5) is 0 Å². The molecule has 1 aliphatic carbocycles. The van der Waals surface area contributed by atoms with E-state index in [1.54, 1.807) is 0 Å². The van der Waals surface area contributed by atoms with Crippen molar-refractivity contribution in [2.45, 2.75) is 50.7 Å². The monoisotopic (exact) mass is 250 g/mol. The number of nitriles is 1. The van der Waals surface area contributed by atoms with Crippen molar-refractivity contribution in [2.24, 2.45) is 0 Å². The van der Waals surface area contributed by atoms with Gasteiger partial charge in [-0.25, -0.2) is 0 Å². The number of hydrogen-bond acceptors (Lipinski definition) is 4. The van der Waals surface area contributed by atoms with Crippen LogP contribution in [0.1, 0.15) is 33.1 Å². The number of piperazine rings is 1. The second-order valence-corrected chi connectivity index (χ2v) is 6.05. The quantitative estimate of drug-likeness (QED) is 0.792. The largest absolute Gasteiger partial charge is 0.303 e. The maximum absolute atomic E-state index is 9.22. The fourth-order valence-corrected chi connectivity index (χ4v) is 2.91. The Kier molecular flexibility index (Phi) is 4.26. The molecule has 102 valence electrons. The first kappa shape index (κ1) is 13.8. The Balaban J connectivity index is 1.79. The summed E-state index contributed by atoms with van der Waals surface area (Å²) in [6.45, 7) is 8.96. The highest BCUT2D eigenvalue weighted by Crippen LogP contribution is 2.28. The van der Waals surface area contributed by atoms with E-state index in [4.69, 9.17) is 0 Å². The molecule has 0 aromatic rings. The molecule has 0 radical (unpaired) electrons. The normalized spacial score (nSPS) is 27.4. The second kappa shape index (κ2) is 5.56. The molecule has 2 fully saturated rings. The zero-order valence-electron chi connectivity index (χ0n) is 11.9. The van der Waals surface area contributed by atoms with Crippen LogP contribution in [0.3, 0.4) is 0 Å². The van der Waals surface area contributed by atoms with Gasteiger partial charge in [-0.2, -0.15) is 5.26 Å². The summed E-state index contributed by atoms with van der Waals surface area (Å²) in [4.78, 5) is 5.16. The van der Waals surface area contributed by atoms with Crippen molar-refractivity contribution in [1.29, 1.82) is 5.26 Å². The first-order valence-electron chi connectivity index (χ1n) is 7.16. The number of nitrogens with one attached hydrogen (secondary N) is 1. The predicted molar refractivity (Wildman–Crippen MR) is 73.3 cm³/mol. The van der Waals surface area contributed by atoms with Crippen LogP contribution in [0.25, 0.3) is 0 Å². The van der Waals surface area contributed by atoms with Crippen LogP contribution in [-0.2, 0) is 0 Å². The standard InChI is InChI=1S/C14H26N4/c1-12(10-14(2,11-15)16-3)17-6-8-18(9-7-17)13-4-5-13/h12-13,16H,4-10H2,1-3H3. The summed E-state index contributed by atoms with van der Waals surface area (Å²) in [5.74, 6) is 0. The van der Waals surface area contributed by atoms with E-state index >= 15 is 0 Å². The molecule has 1 aliphatic heterocycles. The Morgan fingerprint density at radius 3 is 2.39 bits per heavy atom. The molecule has 2 aliphatic rings. The minimum Gasteiger partial charge on any atom is -0.303 e. The highest BCUT2D eigenvalue weighted by Gasteiger charge is 2.33. The second-order valence-electron chi connectivity index (χ2n) is 6.05. The molecule has 1 saturated heterocycles. The minimum atomic E-state index is -0.396. The van der Waals surface area contributed by atoms with E-state index in [0.717, 1.165) is 25.6 Å². The molecule has 4 nitrogen and oxygen atoms in total. The molecule has 4 heteroatoms. The molecular formula is C14H26N4. The van der Waals surface area contributed by atoms with Gasteiger partial charge in [0.1, 0.15) is 5.54 Å². The Hall–Kier alpha value is -0.630. The Bertz CT molecular complexity index is 312. The van der Waals surface area contributed by atoms with Gasteiger partial charge in [-0.05, 0) is 40.2 Å². The molecule has 18 heavy (non-hydrogen) atoms. The number of rotatable bonds is 5. The van der Waals surface area contributed by atoms with Crippen molar-refractivity contribution in [3.63, 3.8) is 0 Å². The molecule has 1 saturated carbocycles. The van der Waals surface area contributed by atoms with Crippen LogP contribution in [-0.4, -0.2) is 60.6 Å². The van der Waals surface area contributed by atoms with Crippen molar-refractivity contribution in [1.82, 2.24) is 15.1 Å². The predicted octanol–water partition coefficient (Wildman–Crippen LogP) is 1.05. The summed E-state index contributed by atoms with van der Waals surface area (Å²) in [6.07, 6.45) is 3.70. The van der Waals surface area contributed by atoms with E-state index < -0.39 is 5.54 Å². The van der Waals surface area contributed by atoms with Crippen LogP contribution in [0.15, 0.2) is 0 Å². The van der Waals surface area contributed by atoms with Gasteiger partial charge < -0.3 is 5.32 Å². The van der Waals surface area contributed by atoms with Crippen molar-refractivity contribution >= 4 is 0 Å². The van der Waals surface area contributed by atoms with Gasteiger partial charge in [-0.15, -0.1) is 0 Å². The summed E-state index contributed by atoms with van der Waals surface area (Å²) in [6, 6.07) is 3.76. The maximum Gasteiger partial charge on any atom is 0.105 e. The van der Waals surface area contributed by atoms with Gasteiger partial charge in [0, 0.05) is 38.3 Å². The average Bonchev–Trinajstić information content (AvgIpc) is 3.23. The molecule has 2 atom stereocenters. The Morgan fingerprint density at radius 2 is 1.94 bits per heavy atom. The number of hydrogen-bond donors (Lipinski definition) is 1. The van der Waals surface area contributed by atoms with Gasteiger partial charge in [0.2, 0.25) is 0 Å². The molecule has 0 aromatic carbocycles. The lowest BCUT2D eigenvalue weighted by atomic mass is 9.94. The van der Waals surface area contributed by atoms with Gasteiger partial charge >= 0.3 is 0 Å². The summed E-state index contributed by atoms with van der Waals surface area (Å²) in [5.41, 5.74) is -0.396.